The third-order valence-corrected chi connectivity index (χ3v) is 2.80. The molecule has 1 unspecified atom stereocenters. The lowest BCUT2D eigenvalue weighted by Gasteiger charge is -2.06. The molecule has 0 aliphatic rings. The van der Waals surface area contributed by atoms with Gasteiger partial charge in [-0.1, -0.05) is 6.07 Å². The van der Waals surface area contributed by atoms with Gasteiger partial charge in [-0.05, 0) is 30.5 Å². The fourth-order valence-corrected chi connectivity index (χ4v) is 1.44. The van der Waals surface area contributed by atoms with Crippen LogP contribution in [-0.4, -0.2) is 55.5 Å². The van der Waals surface area contributed by atoms with E-state index in [9.17, 15) is 14.4 Å². The number of aliphatic carboxylic acids is 3. The van der Waals surface area contributed by atoms with Crippen molar-refractivity contribution in [2.75, 3.05) is 0 Å². The molecule has 1 aromatic carbocycles. The fraction of sp³-hybridized carbons (Fsp3) is 0.357. The van der Waals surface area contributed by atoms with Gasteiger partial charge in [-0.15, -0.1) is 0 Å². The quantitative estimate of drug-likeness (QED) is 0.310. The first-order valence-electron chi connectivity index (χ1n) is 6.74. The average Bonchev–Trinajstić information content (AvgIpc) is 2.48. The summed E-state index contributed by atoms with van der Waals surface area (Å²) in [5.74, 6) is -3.81. The number of rotatable bonds is 7. The molecule has 0 saturated carbocycles. The van der Waals surface area contributed by atoms with E-state index in [4.69, 9.17) is 37.0 Å². The van der Waals surface area contributed by atoms with Crippen LogP contribution in [0.5, 0.6) is 11.5 Å². The molecule has 10 heteroatoms. The molecule has 0 aliphatic carbocycles. The smallest absolute Gasteiger partial charge is 0.320 e. The second-order valence-corrected chi connectivity index (χ2v) is 4.85. The van der Waals surface area contributed by atoms with Gasteiger partial charge in [-0.25, -0.2) is 0 Å². The van der Waals surface area contributed by atoms with Crippen molar-refractivity contribution in [1.82, 2.24) is 0 Å². The Bertz CT molecular complexity index is 590. The molecular weight excluding hydrogens is 324 g/mol. The third kappa shape index (κ3) is 8.56. The maximum absolute atomic E-state index is 10.4. The molecule has 0 fully saturated rings. The lowest BCUT2D eigenvalue weighted by Crippen LogP contribution is -2.32. The molecule has 0 saturated heterocycles. The highest BCUT2D eigenvalue weighted by Crippen LogP contribution is 2.25. The number of hydrogen-bond acceptors (Lipinski definition) is 7. The Labute approximate surface area is 136 Å². The molecule has 0 spiro atoms. The summed E-state index contributed by atoms with van der Waals surface area (Å²) in [6.45, 7) is 0. The number of phenolic OH excluding ortho intramolecular Hbond substituents is 2. The van der Waals surface area contributed by atoms with E-state index in [2.05, 4.69) is 0 Å². The molecular formula is C14H20N2O8. The minimum Gasteiger partial charge on any atom is -0.504 e. The summed E-state index contributed by atoms with van der Waals surface area (Å²) >= 11 is 0. The van der Waals surface area contributed by atoms with E-state index in [0.29, 0.717) is 5.56 Å². The first-order valence-corrected chi connectivity index (χ1v) is 6.74. The monoisotopic (exact) mass is 344 g/mol. The fourth-order valence-electron chi connectivity index (χ4n) is 1.44. The maximum atomic E-state index is 10.4. The molecule has 2 atom stereocenters. The Balaban J connectivity index is 0.000000470. The van der Waals surface area contributed by atoms with Gasteiger partial charge in [0.1, 0.15) is 12.1 Å². The standard InChI is InChI=1S/C9H11NO4.C5H9NO4/c10-6(9(13)14)3-5-1-2-7(11)8(12)4-5;6-3(5(9)10)1-2-4(7)8/h1-2,4,6,11-12H,3,10H2,(H,13,14);3H,1-2,6H2,(H,7,8)(H,9,10)/t6-;/m0./s1. The Morgan fingerprint density at radius 3 is 1.88 bits per heavy atom. The molecule has 1 aromatic rings. The molecule has 1 rings (SSSR count). The molecule has 0 aromatic heterocycles. The molecule has 0 bridgehead atoms. The Hall–Kier alpha value is -2.85. The lowest BCUT2D eigenvalue weighted by molar-refractivity contribution is -0.140. The number of phenols is 2. The normalized spacial score (nSPS) is 12.4. The topological polar surface area (TPSA) is 204 Å². The Morgan fingerprint density at radius 2 is 1.46 bits per heavy atom. The van der Waals surface area contributed by atoms with E-state index in [1.807, 2.05) is 0 Å². The van der Waals surface area contributed by atoms with Crippen LogP contribution in [0, 0.1) is 0 Å². The summed E-state index contributed by atoms with van der Waals surface area (Å²) in [5, 5.41) is 42.9. The first-order chi connectivity index (χ1) is 11.0. The number of carbonyl (C=O) groups is 3. The number of benzene rings is 1. The van der Waals surface area contributed by atoms with Crippen molar-refractivity contribution in [3.63, 3.8) is 0 Å². The summed E-state index contributed by atoms with van der Waals surface area (Å²) in [4.78, 5) is 30.3. The zero-order valence-corrected chi connectivity index (χ0v) is 12.6. The van der Waals surface area contributed by atoms with Crippen LogP contribution in [0.1, 0.15) is 18.4 Å². The van der Waals surface area contributed by atoms with E-state index in [0.717, 1.165) is 0 Å². The van der Waals surface area contributed by atoms with E-state index in [1.54, 1.807) is 0 Å². The summed E-state index contributed by atoms with van der Waals surface area (Å²) in [6.07, 6.45) is -0.110. The van der Waals surface area contributed by atoms with E-state index >= 15 is 0 Å². The lowest BCUT2D eigenvalue weighted by atomic mass is 10.1. The minimum atomic E-state index is -1.17. The van der Waals surface area contributed by atoms with Crippen LogP contribution in [0.4, 0.5) is 0 Å². The number of aromatic hydroxyl groups is 2. The molecule has 0 radical (unpaired) electrons. The zero-order chi connectivity index (χ0) is 18.9. The highest BCUT2D eigenvalue weighted by Gasteiger charge is 2.13. The predicted molar refractivity (Wildman–Crippen MR) is 81.6 cm³/mol. The van der Waals surface area contributed by atoms with Gasteiger partial charge < -0.3 is 37.0 Å². The number of hydrogen-bond donors (Lipinski definition) is 7. The zero-order valence-electron chi connectivity index (χ0n) is 12.6. The summed E-state index contributed by atoms with van der Waals surface area (Å²) in [6, 6.07) is 2.03. The van der Waals surface area contributed by atoms with Crippen LogP contribution in [0.2, 0.25) is 0 Å². The molecule has 0 heterocycles. The highest BCUT2D eigenvalue weighted by molar-refractivity contribution is 5.74. The SMILES string of the molecule is NC(CCC(=O)O)C(=O)O.N[C@@H](Cc1ccc(O)c(O)c1)C(=O)O. The average molecular weight is 344 g/mol. The highest BCUT2D eigenvalue weighted by atomic mass is 16.4. The molecule has 0 aliphatic heterocycles. The van der Waals surface area contributed by atoms with Gasteiger partial charge in [0.05, 0.1) is 0 Å². The third-order valence-electron chi connectivity index (χ3n) is 2.80. The van der Waals surface area contributed by atoms with Gasteiger partial charge in [0.25, 0.3) is 0 Å². The number of carboxylic acids is 3. The molecule has 134 valence electrons. The largest absolute Gasteiger partial charge is 0.504 e. The van der Waals surface area contributed by atoms with Crippen molar-refractivity contribution < 1.29 is 39.9 Å². The van der Waals surface area contributed by atoms with Crippen molar-refractivity contribution in [3.05, 3.63) is 23.8 Å². The van der Waals surface area contributed by atoms with Gasteiger partial charge in [-0.2, -0.15) is 0 Å². The van der Waals surface area contributed by atoms with E-state index in [1.165, 1.54) is 18.2 Å². The minimum absolute atomic E-state index is 0.0231. The van der Waals surface area contributed by atoms with Gasteiger partial charge in [-0.3, -0.25) is 14.4 Å². The van der Waals surface area contributed by atoms with Crippen LogP contribution >= 0.6 is 0 Å². The van der Waals surface area contributed by atoms with Crippen LogP contribution in [0.3, 0.4) is 0 Å². The van der Waals surface area contributed by atoms with Gasteiger partial charge in [0, 0.05) is 6.42 Å². The molecule has 0 amide bonds. The van der Waals surface area contributed by atoms with E-state index in [-0.39, 0.29) is 30.8 Å². The van der Waals surface area contributed by atoms with Crippen molar-refractivity contribution in [2.24, 2.45) is 11.5 Å². The molecule has 10 nitrogen and oxygen atoms in total. The van der Waals surface area contributed by atoms with Gasteiger partial charge >= 0.3 is 17.9 Å². The van der Waals surface area contributed by atoms with Crippen LogP contribution in [-0.2, 0) is 20.8 Å². The number of carboxylic acid groups (broad SMARTS) is 3. The Morgan fingerprint density at radius 1 is 0.917 bits per heavy atom. The van der Waals surface area contributed by atoms with Crippen LogP contribution in [0.15, 0.2) is 18.2 Å². The second kappa shape index (κ2) is 10.0. The summed E-state index contributed by atoms with van der Waals surface area (Å²) in [5.41, 5.74) is 10.9. The first kappa shape index (κ1) is 21.1. The van der Waals surface area contributed by atoms with Gasteiger partial charge in [0.2, 0.25) is 0 Å². The molecule has 9 N–H and O–H groups in total. The van der Waals surface area contributed by atoms with Crippen LogP contribution in [0.25, 0.3) is 0 Å². The van der Waals surface area contributed by atoms with Crippen molar-refractivity contribution in [2.45, 2.75) is 31.3 Å². The van der Waals surface area contributed by atoms with E-state index < -0.39 is 30.0 Å². The summed E-state index contributed by atoms with van der Waals surface area (Å²) < 4.78 is 0. The predicted octanol–water partition coefficient (Wildman–Crippen LogP) is -0.685. The van der Waals surface area contributed by atoms with Gasteiger partial charge in [0.15, 0.2) is 11.5 Å². The van der Waals surface area contributed by atoms with Crippen molar-refractivity contribution in [3.8, 4) is 11.5 Å². The van der Waals surface area contributed by atoms with Crippen LogP contribution < -0.4 is 11.5 Å². The van der Waals surface area contributed by atoms with Crippen molar-refractivity contribution >= 4 is 17.9 Å². The molecule has 24 heavy (non-hydrogen) atoms. The number of nitrogens with two attached hydrogens (primary N) is 2. The Kier molecular flexibility index (Phi) is 8.83. The summed E-state index contributed by atoms with van der Waals surface area (Å²) in [7, 11) is 0. The maximum Gasteiger partial charge on any atom is 0.320 e. The van der Waals surface area contributed by atoms with Crippen molar-refractivity contribution in [1.29, 1.82) is 0 Å². The second-order valence-electron chi connectivity index (χ2n) is 4.85.